The number of aliphatic carboxylic acids is 1. The highest BCUT2D eigenvalue weighted by Gasteiger charge is 2.24. The fourth-order valence-corrected chi connectivity index (χ4v) is 4.60. The van der Waals surface area contributed by atoms with Gasteiger partial charge in [-0.15, -0.1) is 0 Å². The second kappa shape index (κ2) is 7.48. The number of aromatic amines is 1. The molecule has 5 nitrogen and oxygen atoms in total. The van der Waals surface area contributed by atoms with E-state index in [0.717, 1.165) is 52.5 Å². The zero-order valence-electron chi connectivity index (χ0n) is 16.6. The third-order valence-corrected chi connectivity index (χ3v) is 6.25. The quantitative estimate of drug-likeness (QED) is 0.411. The molecule has 5 rings (SSSR count). The number of carboxylic acids is 1. The van der Waals surface area contributed by atoms with Crippen LogP contribution in [0, 0.1) is 5.92 Å². The average Bonchev–Trinajstić information content (AvgIpc) is 3.44. The first-order valence-corrected chi connectivity index (χ1v) is 10.5. The van der Waals surface area contributed by atoms with Crippen molar-refractivity contribution in [2.75, 3.05) is 0 Å². The number of H-pyrrole nitrogens is 1. The SMILES string of the molecule is O=C(C[C@H](CCc1c[nH]c2ccccc12)C(=O)O)c1ccc2c3c(oc2c1)CCC3. The zero-order valence-corrected chi connectivity index (χ0v) is 16.6. The molecule has 4 aromatic rings. The molecule has 0 unspecified atom stereocenters. The zero-order chi connectivity index (χ0) is 20.7. The predicted molar refractivity (Wildman–Crippen MR) is 115 cm³/mol. The lowest BCUT2D eigenvalue weighted by molar-refractivity contribution is -0.141. The Kier molecular flexibility index (Phi) is 4.66. The minimum atomic E-state index is -0.929. The molecule has 0 saturated carbocycles. The fourth-order valence-electron chi connectivity index (χ4n) is 4.60. The Balaban J connectivity index is 1.31. The number of carbonyl (C=O) groups is 2. The van der Waals surface area contributed by atoms with Gasteiger partial charge in [-0.3, -0.25) is 9.59 Å². The van der Waals surface area contributed by atoms with Crippen molar-refractivity contribution in [1.82, 2.24) is 4.98 Å². The molecule has 0 amide bonds. The number of hydrogen-bond donors (Lipinski definition) is 2. The second-order valence-corrected chi connectivity index (χ2v) is 8.13. The number of carboxylic acid groups (broad SMARTS) is 1. The van der Waals surface area contributed by atoms with Crippen LogP contribution in [-0.4, -0.2) is 21.8 Å². The molecule has 0 fully saturated rings. The molecule has 5 heteroatoms. The number of nitrogens with one attached hydrogen (secondary N) is 1. The molecule has 2 N–H and O–H groups in total. The normalized spacial score (nSPS) is 14.3. The summed E-state index contributed by atoms with van der Waals surface area (Å²) < 4.78 is 5.92. The van der Waals surface area contributed by atoms with Gasteiger partial charge in [0.05, 0.1) is 5.92 Å². The molecular formula is C25H23NO4. The van der Waals surface area contributed by atoms with E-state index in [1.165, 1.54) is 5.56 Å². The van der Waals surface area contributed by atoms with Gasteiger partial charge in [-0.05, 0) is 43.4 Å². The van der Waals surface area contributed by atoms with Crippen LogP contribution in [0.2, 0.25) is 0 Å². The number of aromatic nitrogens is 1. The fraction of sp³-hybridized carbons (Fsp3) is 0.280. The van der Waals surface area contributed by atoms with Crippen LogP contribution in [0.25, 0.3) is 21.9 Å². The summed E-state index contributed by atoms with van der Waals surface area (Å²) in [6.45, 7) is 0. The number of para-hydroxylation sites is 1. The first-order chi connectivity index (χ1) is 14.6. The standard InChI is InChI=1S/C25H23NO4/c27-22(15-10-11-20-19-5-3-7-23(19)30-24(20)13-15)12-16(25(28)29)8-9-17-14-26-21-6-2-1-4-18(17)21/h1-2,4,6,10-11,13-14,16,26H,3,5,7-9,12H2,(H,28,29)/t16-/m0/s1. The van der Waals surface area contributed by atoms with Crippen LogP contribution in [0.1, 0.15) is 46.5 Å². The monoisotopic (exact) mass is 401 g/mol. The summed E-state index contributed by atoms with van der Waals surface area (Å²) in [4.78, 5) is 27.9. The van der Waals surface area contributed by atoms with Gasteiger partial charge in [0.2, 0.25) is 0 Å². The van der Waals surface area contributed by atoms with Crippen molar-refractivity contribution in [3.63, 3.8) is 0 Å². The summed E-state index contributed by atoms with van der Waals surface area (Å²) in [6.07, 6.45) is 6.02. The first kappa shape index (κ1) is 18.7. The van der Waals surface area contributed by atoms with Gasteiger partial charge in [0.1, 0.15) is 11.3 Å². The average molecular weight is 401 g/mol. The highest BCUT2D eigenvalue weighted by Crippen LogP contribution is 2.33. The number of rotatable bonds is 7. The summed E-state index contributed by atoms with van der Waals surface area (Å²) in [5, 5.41) is 11.9. The largest absolute Gasteiger partial charge is 0.481 e. The molecule has 30 heavy (non-hydrogen) atoms. The number of carbonyl (C=O) groups excluding carboxylic acids is 1. The lowest BCUT2D eigenvalue weighted by atomic mass is 9.92. The van der Waals surface area contributed by atoms with Crippen molar-refractivity contribution in [3.8, 4) is 0 Å². The summed E-state index contributed by atoms with van der Waals surface area (Å²) in [5.74, 6) is -0.777. The molecular weight excluding hydrogens is 378 g/mol. The van der Waals surface area contributed by atoms with E-state index < -0.39 is 11.9 Å². The molecule has 2 aromatic heterocycles. The van der Waals surface area contributed by atoms with E-state index in [4.69, 9.17) is 4.42 Å². The number of hydrogen-bond acceptors (Lipinski definition) is 3. The summed E-state index contributed by atoms with van der Waals surface area (Å²) >= 11 is 0. The predicted octanol–water partition coefficient (Wildman–Crippen LogP) is 5.31. The summed E-state index contributed by atoms with van der Waals surface area (Å²) in [5.41, 5.74) is 4.63. The number of aryl methyl sites for hydroxylation is 3. The van der Waals surface area contributed by atoms with E-state index in [1.807, 2.05) is 36.5 Å². The Bertz CT molecular complexity index is 1260. The van der Waals surface area contributed by atoms with Gasteiger partial charge in [-0.1, -0.05) is 30.3 Å². The minimum Gasteiger partial charge on any atom is -0.481 e. The Morgan fingerprint density at radius 1 is 1.10 bits per heavy atom. The molecule has 1 atom stereocenters. The smallest absolute Gasteiger partial charge is 0.306 e. The highest BCUT2D eigenvalue weighted by atomic mass is 16.4. The topological polar surface area (TPSA) is 83.3 Å². The number of fused-ring (bicyclic) bond motifs is 4. The summed E-state index contributed by atoms with van der Waals surface area (Å²) in [7, 11) is 0. The van der Waals surface area contributed by atoms with Crippen molar-refractivity contribution >= 4 is 33.6 Å². The molecule has 1 aliphatic rings. The first-order valence-electron chi connectivity index (χ1n) is 10.5. The van der Waals surface area contributed by atoms with E-state index in [0.29, 0.717) is 18.4 Å². The number of Topliss-reactive ketones (excluding diaryl/α,β-unsaturated/α-hetero) is 1. The molecule has 1 aliphatic carbocycles. The van der Waals surface area contributed by atoms with Crippen LogP contribution in [-0.2, 0) is 24.1 Å². The van der Waals surface area contributed by atoms with Crippen molar-refractivity contribution < 1.29 is 19.1 Å². The maximum Gasteiger partial charge on any atom is 0.306 e. The molecule has 0 aliphatic heterocycles. The van der Waals surface area contributed by atoms with Crippen LogP contribution >= 0.6 is 0 Å². The van der Waals surface area contributed by atoms with Gasteiger partial charge in [-0.2, -0.15) is 0 Å². The number of furan rings is 1. The van der Waals surface area contributed by atoms with Crippen LogP contribution in [0.5, 0.6) is 0 Å². The van der Waals surface area contributed by atoms with E-state index in [9.17, 15) is 14.7 Å². The van der Waals surface area contributed by atoms with Crippen molar-refractivity contribution in [1.29, 1.82) is 0 Å². The maximum absolute atomic E-state index is 12.8. The Hall–Kier alpha value is -3.34. The van der Waals surface area contributed by atoms with E-state index in [2.05, 4.69) is 4.98 Å². The number of benzene rings is 2. The minimum absolute atomic E-state index is 0.0103. The third kappa shape index (κ3) is 3.30. The van der Waals surface area contributed by atoms with Crippen LogP contribution < -0.4 is 0 Å². The van der Waals surface area contributed by atoms with E-state index >= 15 is 0 Å². The van der Waals surface area contributed by atoms with Gasteiger partial charge in [0, 0.05) is 46.5 Å². The Morgan fingerprint density at radius 3 is 2.83 bits per heavy atom. The summed E-state index contributed by atoms with van der Waals surface area (Å²) in [6, 6.07) is 13.5. The van der Waals surface area contributed by atoms with Crippen LogP contribution in [0.3, 0.4) is 0 Å². The van der Waals surface area contributed by atoms with Crippen LogP contribution in [0.4, 0.5) is 0 Å². The maximum atomic E-state index is 12.8. The van der Waals surface area contributed by atoms with Crippen LogP contribution in [0.15, 0.2) is 53.1 Å². The van der Waals surface area contributed by atoms with Gasteiger partial charge in [0.25, 0.3) is 0 Å². The molecule has 0 saturated heterocycles. The van der Waals surface area contributed by atoms with Gasteiger partial charge in [-0.25, -0.2) is 0 Å². The van der Waals surface area contributed by atoms with Crippen molar-refractivity contribution in [2.45, 2.75) is 38.5 Å². The Labute approximate surface area is 173 Å². The van der Waals surface area contributed by atoms with E-state index in [1.54, 1.807) is 12.1 Å². The second-order valence-electron chi connectivity index (χ2n) is 8.13. The number of ketones is 1. The lowest BCUT2D eigenvalue weighted by Gasteiger charge is -2.11. The molecule has 152 valence electrons. The molecule has 0 spiro atoms. The van der Waals surface area contributed by atoms with E-state index in [-0.39, 0.29) is 12.2 Å². The molecule has 2 heterocycles. The van der Waals surface area contributed by atoms with Crippen molar-refractivity contribution in [3.05, 3.63) is 71.1 Å². The molecule has 2 aromatic carbocycles. The van der Waals surface area contributed by atoms with Crippen molar-refractivity contribution in [2.24, 2.45) is 5.92 Å². The van der Waals surface area contributed by atoms with Gasteiger partial charge < -0.3 is 14.5 Å². The molecule has 0 radical (unpaired) electrons. The van der Waals surface area contributed by atoms with Gasteiger partial charge >= 0.3 is 5.97 Å². The highest BCUT2D eigenvalue weighted by molar-refractivity contribution is 6.01. The molecule has 0 bridgehead atoms. The third-order valence-electron chi connectivity index (χ3n) is 6.25. The van der Waals surface area contributed by atoms with Gasteiger partial charge in [0.15, 0.2) is 5.78 Å². The Morgan fingerprint density at radius 2 is 1.97 bits per heavy atom. The lowest BCUT2D eigenvalue weighted by Crippen LogP contribution is -2.19.